The van der Waals surface area contributed by atoms with E-state index in [9.17, 15) is 14.0 Å². The summed E-state index contributed by atoms with van der Waals surface area (Å²) in [6.45, 7) is 4.55. The summed E-state index contributed by atoms with van der Waals surface area (Å²) in [7, 11) is 1.73. The standard InChI is InChI=1S/C37H31F2N5O5S/c1-3-48-31-13-15-44(25-8-5-23(38)6-9-25)37(46)34(31)36(45)42-24-7-11-30(27(39)16-24)49-32-12-14-40-29-17-33(50-35(29)32)28-10-4-22(18-41-28)19-43-20-26(21-43)47-2/h4-18,26H,3,19-21H2,1-2H3,(H,42,45). The van der Waals surface area contributed by atoms with Gasteiger partial charge in [0.1, 0.15) is 22.9 Å². The molecule has 0 spiro atoms. The predicted molar refractivity (Wildman–Crippen MR) is 187 cm³/mol. The summed E-state index contributed by atoms with van der Waals surface area (Å²) in [6, 6.07) is 18.3. The SMILES string of the molecule is CCOc1ccn(-c2ccc(F)cc2)c(=O)c1C(=O)Nc1ccc(Oc2ccnc3cc(-c4ccc(CN5CC(OC)C5)cn4)sc23)c(F)c1. The fraction of sp³-hybridized carbons (Fsp3) is 0.189. The highest BCUT2D eigenvalue weighted by Gasteiger charge is 2.26. The number of hydrogen-bond acceptors (Lipinski definition) is 9. The number of benzene rings is 2. The van der Waals surface area contributed by atoms with E-state index in [1.807, 2.05) is 18.3 Å². The topological polar surface area (TPSA) is 108 Å². The highest BCUT2D eigenvalue weighted by atomic mass is 32.1. The van der Waals surface area contributed by atoms with Crippen molar-refractivity contribution in [3.63, 3.8) is 0 Å². The summed E-state index contributed by atoms with van der Waals surface area (Å²) in [5.74, 6) is -1.59. The first-order chi connectivity index (χ1) is 24.3. The van der Waals surface area contributed by atoms with Crippen LogP contribution in [0.5, 0.6) is 17.2 Å². The van der Waals surface area contributed by atoms with Crippen molar-refractivity contribution in [2.24, 2.45) is 0 Å². The van der Waals surface area contributed by atoms with E-state index >= 15 is 4.39 Å². The van der Waals surface area contributed by atoms with E-state index in [4.69, 9.17) is 14.2 Å². The molecule has 13 heteroatoms. The van der Waals surface area contributed by atoms with Gasteiger partial charge < -0.3 is 19.5 Å². The quantitative estimate of drug-likeness (QED) is 0.154. The lowest BCUT2D eigenvalue weighted by Gasteiger charge is -2.38. The molecule has 50 heavy (non-hydrogen) atoms. The minimum Gasteiger partial charge on any atom is -0.493 e. The van der Waals surface area contributed by atoms with E-state index in [1.165, 1.54) is 64.6 Å². The van der Waals surface area contributed by atoms with Crippen LogP contribution >= 0.6 is 11.3 Å². The number of halogens is 2. The molecular formula is C37H31F2N5O5S. The Morgan fingerprint density at radius 3 is 2.52 bits per heavy atom. The van der Waals surface area contributed by atoms with Crippen LogP contribution in [-0.2, 0) is 11.3 Å². The maximum absolute atomic E-state index is 15.4. The Morgan fingerprint density at radius 1 is 0.980 bits per heavy atom. The number of nitrogens with one attached hydrogen (secondary N) is 1. The maximum atomic E-state index is 15.4. The van der Waals surface area contributed by atoms with Crippen molar-refractivity contribution in [1.82, 2.24) is 19.4 Å². The molecule has 0 radical (unpaired) electrons. The number of amides is 1. The molecule has 1 aliphatic heterocycles. The van der Waals surface area contributed by atoms with Crippen molar-refractivity contribution in [3.05, 3.63) is 125 Å². The summed E-state index contributed by atoms with van der Waals surface area (Å²) < 4.78 is 47.7. The molecule has 0 unspecified atom stereocenters. The smallest absolute Gasteiger partial charge is 0.271 e. The van der Waals surface area contributed by atoms with Crippen molar-refractivity contribution in [1.29, 1.82) is 0 Å². The van der Waals surface area contributed by atoms with Crippen LogP contribution in [0.15, 0.2) is 96.2 Å². The molecule has 254 valence electrons. The highest BCUT2D eigenvalue weighted by molar-refractivity contribution is 7.22. The molecule has 6 aromatic rings. The van der Waals surface area contributed by atoms with Gasteiger partial charge in [-0.3, -0.25) is 29.0 Å². The zero-order valence-electron chi connectivity index (χ0n) is 27.1. The van der Waals surface area contributed by atoms with Crippen molar-refractivity contribution in [2.75, 3.05) is 32.1 Å². The number of ether oxygens (including phenoxy) is 3. The van der Waals surface area contributed by atoms with E-state index < -0.39 is 23.1 Å². The summed E-state index contributed by atoms with van der Waals surface area (Å²) >= 11 is 1.44. The second-order valence-corrected chi connectivity index (χ2v) is 12.6. The van der Waals surface area contributed by atoms with Gasteiger partial charge in [0.25, 0.3) is 11.5 Å². The van der Waals surface area contributed by atoms with Crippen molar-refractivity contribution >= 4 is 33.1 Å². The summed E-state index contributed by atoms with van der Waals surface area (Å²) in [6.07, 6.45) is 5.20. The average Bonchev–Trinajstić information content (AvgIpc) is 3.54. The molecule has 10 nitrogen and oxygen atoms in total. The van der Waals surface area contributed by atoms with Crippen LogP contribution in [0.25, 0.3) is 26.5 Å². The Morgan fingerprint density at radius 2 is 1.80 bits per heavy atom. The van der Waals surface area contributed by atoms with Crippen LogP contribution in [0.1, 0.15) is 22.8 Å². The number of thiophene rings is 1. The average molecular weight is 696 g/mol. The van der Waals surface area contributed by atoms with Crippen molar-refractivity contribution in [2.45, 2.75) is 19.6 Å². The number of methoxy groups -OCH3 is 1. The third-order valence-electron chi connectivity index (χ3n) is 8.21. The number of likely N-dealkylation sites (tertiary alicyclic amines) is 1. The van der Waals surface area contributed by atoms with E-state index in [0.717, 1.165) is 46.5 Å². The fourth-order valence-electron chi connectivity index (χ4n) is 5.63. The van der Waals surface area contributed by atoms with Crippen LogP contribution in [0.4, 0.5) is 14.5 Å². The number of anilines is 1. The van der Waals surface area contributed by atoms with Gasteiger partial charge >= 0.3 is 0 Å². The van der Waals surface area contributed by atoms with Gasteiger partial charge in [0, 0.05) is 68.8 Å². The number of rotatable bonds is 11. The lowest BCUT2D eigenvalue weighted by atomic mass is 10.1. The highest BCUT2D eigenvalue weighted by Crippen LogP contribution is 2.39. The van der Waals surface area contributed by atoms with E-state index in [2.05, 4.69) is 26.3 Å². The molecule has 0 aliphatic carbocycles. The Labute approximate surface area is 289 Å². The van der Waals surface area contributed by atoms with Gasteiger partial charge in [-0.25, -0.2) is 8.78 Å². The molecule has 4 aromatic heterocycles. The van der Waals surface area contributed by atoms with Crippen LogP contribution in [0, 0.1) is 11.6 Å². The second kappa shape index (κ2) is 14.2. The maximum Gasteiger partial charge on any atom is 0.271 e. The lowest BCUT2D eigenvalue weighted by molar-refractivity contribution is -0.0334. The van der Waals surface area contributed by atoms with Gasteiger partial charge in [-0.05, 0) is 67.1 Å². The van der Waals surface area contributed by atoms with E-state index in [1.54, 1.807) is 26.3 Å². The molecule has 1 fully saturated rings. The predicted octanol–water partition coefficient (Wildman–Crippen LogP) is 7.06. The first kappa shape index (κ1) is 33.0. The number of aromatic nitrogens is 3. The first-order valence-corrected chi connectivity index (χ1v) is 16.6. The summed E-state index contributed by atoms with van der Waals surface area (Å²) in [5, 5.41) is 2.58. The third kappa shape index (κ3) is 6.83. The Balaban J connectivity index is 1.08. The fourth-order valence-corrected chi connectivity index (χ4v) is 6.67. The number of hydrogen-bond donors (Lipinski definition) is 1. The first-order valence-electron chi connectivity index (χ1n) is 15.8. The number of fused-ring (bicyclic) bond motifs is 1. The Kier molecular flexibility index (Phi) is 9.35. The van der Waals surface area contributed by atoms with E-state index in [-0.39, 0.29) is 29.4 Å². The molecule has 0 atom stereocenters. The molecule has 7 rings (SSSR count). The van der Waals surface area contributed by atoms with Crippen LogP contribution in [0.2, 0.25) is 0 Å². The van der Waals surface area contributed by atoms with E-state index in [0.29, 0.717) is 23.1 Å². The lowest BCUT2D eigenvalue weighted by Crippen LogP contribution is -2.50. The number of pyridine rings is 3. The van der Waals surface area contributed by atoms with Crippen LogP contribution in [-0.4, -0.2) is 58.3 Å². The number of carbonyl (C=O) groups is 1. The zero-order chi connectivity index (χ0) is 34.8. The molecule has 0 bridgehead atoms. The molecule has 1 aliphatic rings. The minimum atomic E-state index is -0.799. The number of carbonyl (C=O) groups excluding carboxylic acids is 1. The van der Waals surface area contributed by atoms with Gasteiger partial charge in [0.2, 0.25) is 0 Å². The second-order valence-electron chi connectivity index (χ2n) is 11.6. The van der Waals surface area contributed by atoms with Gasteiger partial charge in [0.15, 0.2) is 11.6 Å². The van der Waals surface area contributed by atoms with Gasteiger partial charge in [-0.1, -0.05) is 6.07 Å². The molecule has 1 N–H and O–H groups in total. The van der Waals surface area contributed by atoms with Gasteiger partial charge in [-0.15, -0.1) is 11.3 Å². The molecule has 1 amide bonds. The number of nitrogens with zero attached hydrogens (tertiary/aromatic N) is 4. The Bertz CT molecular complexity index is 2240. The summed E-state index contributed by atoms with van der Waals surface area (Å²) in [4.78, 5) is 39.1. The van der Waals surface area contributed by atoms with Gasteiger partial charge in [-0.2, -0.15) is 0 Å². The van der Waals surface area contributed by atoms with Crippen molar-refractivity contribution in [3.8, 4) is 33.5 Å². The monoisotopic (exact) mass is 695 g/mol. The summed E-state index contributed by atoms with van der Waals surface area (Å²) in [5.41, 5.74) is 2.08. The third-order valence-corrected chi connectivity index (χ3v) is 9.37. The molecule has 2 aromatic carbocycles. The molecule has 5 heterocycles. The normalized spacial score (nSPS) is 13.3. The van der Waals surface area contributed by atoms with Crippen LogP contribution in [0.3, 0.4) is 0 Å². The zero-order valence-corrected chi connectivity index (χ0v) is 27.9. The van der Waals surface area contributed by atoms with Crippen molar-refractivity contribution < 1.29 is 27.8 Å². The van der Waals surface area contributed by atoms with Crippen LogP contribution < -0.4 is 20.3 Å². The Hall–Kier alpha value is -5.50. The minimum absolute atomic E-state index is 0.0595. The van der Waals surface area contributed by atoms with Gasteiger partial charge in [0.05, 0.1) is 33.5 Å². The molecule has 1 saturated heterocycles. The molecular weight excluding hydrogens is 665 g/mol. The largest absolute Gasteiger partial charge is 0.493 e. The molecule has 0 saturated carbocycles.